The van der Waals surface area contributed by atoms with Crippen molar-refractivity contribution in [2.24, 2.45) is 5.16 Å². The first-order valence-electron chi connectivity index (χ1n) is 7.46. The molecule has 0 fully saturated rings. The van der Waals surface area contributed by atoms with E-state index < -0.39 is 11.7 Å². The summed E-state index contributed by atoms with van der Waals surface area (Å²) in [4.78, 5) is 17.4. The van der Waals surface area contributed by atoms with Gasteiger partial charge in [0.1, 0.15) is 7.11 Å². The van der Waals surface area contributed by atoms with E-state index >= 15 is 0 Å². The van der Waals surface area contributed by atoms with Crippen molar-refractivity contribution in [3.8, 4) is 5.75 Å². The molecule has 2 aromatic rings. The van der Waals surface area contributed by atoms with Crippen molar-refractivity contribution in [1.29, 1.82) is 0 Å². The van der Waals surface area contributed by atoms with Crippen LogP contribution in [0, 0.1) is 5.82 Å². The van der Waals surface area contributed by atoms with Crippen LogP contribution >= 0.6 is 0 Å². The van der Waals surface area contributed by atoms with Crippen molar-refractivity contribution < 1.29 is 18.8 Å². The Hall–Kier alpha value is -2.90. The van der Waals surface area contributed by atoms with Crippen LogP contribution in [0.1, 0.15) is 34.6 Å². The molecule has 1 amide bonds. The predicted octanol–water partition coefficient (Wildman–Crippen LogP) is 2.50. The minimum Gasteiger partial charge on any atom is -0.494 e. The largest absolute Gasteiger partial charge is 0.494 e. The zero-order chi connectivity index (χ0) is 17.1. The number of amides is 1. The number of methoxy groups -OCH3 is 1. The summed E-state index contributed by atoms with van der Waals surface area (Å²) in [5, 5.41) is 13.6. The summed E-state index contributed by atoms with van der Waals surface area (Å²) < 4.78 is 18.6. The van der Waals surface area contributed by atoms with E-state index in [2.05, 4.69) is 20.7 Å². The number of anilines is 1. The maximum Gasteiger partial charge on any atom is 0.276 e. The number of rotatable bonds is 4. The SMILES string of the molecule is CO/N=C1\CCCc2[nH]nc(C(=O)Nc3ccc(OC)c(F)c3)c21. The van der Waals surface area contributed by atoms with Crippen LogP contribution in [0.15, 0.2) is 23.4 Å². The number of aromatic amines is 1. The van der Waals surface area contributed by atoms with Gasteiger partial charge in [-0.15, -0.1) is 0 Å². The topological polar surface area (TPSA) is 88.6 Å². The number of aryl methyl sites for hydroxylation is 1. The Balaban J connectivity index is 1.88. The predicted molar refractivity (Wildman–Crippen MR) is 86.0 cm³/mol. The molecule has 24 heavy (non-hydrogen) atoms. The molecule has 0 aliphatic heterocycles. The van der Waals surface area contributed by atoms with Gasteiger partial charge < -0.3 is 14.9 Å². The smallest absolute Gasteiger partial charge is 0.276 e. The number of fused-ring (bicyclic) bond motifs is 1. The number of nitrogens with zero attached hydrogens (tertiary/aromatic N) is 2. The fourth-order valence-corrected chi connectivity index (χ4v) is 2.73. The number of carbonyl (C=O) groups excluding carboxylic acids is 1. The van der Waals surface area contributed by atoms with Crippen molar-refractivity contribution in [3.63, 3.8) is 0 Å². The van der Waals surface area contributed by atoms with E-state index in [0.717, 1.165) is 18.5 Å². The molecule has 2 N–H and O–H groups in total. The van der Waals surface area contributed by atoms with Crippen LogP contribution in [0.3, 0.4) is 0 Å². The summed E-state index contributed by atoms with van der Waals surface area (Å²) in [5.74, 6) is -0.886. The molecular weight excluding hydrogens is 315 g/mol. The third-order valence-corrected chi connectivity index (χ3v) is 3.80. The first-order valence-corrected chi connectivity index (χ1v) is 7.46. The normalized spacial score (nSPS) is 15.0. The maximum absolute atomic E-state index is 13.7. The molecular formula is C16H17FN4O3. The molecule has 1 heterocycles. The van der Waals surface area contributed by atoms with Crippen LogP contribution in [-0.2, 0) is 11.3 Å². The fourth-order valence-electron chi connectivity index (χ4n) is 2.73. The number of hydrogen-bond acceptors (Lipinski definition) is 5. The number of nitrogens with one attached hydrogen (secondary N) is 2. The standard InChI is InChI=1S/C16H17FN4O3/c1-23-13-7-6-9(8-10(13)17)18-16(22)15-14-11(19-20-15)4-3-5-12(14)21-24-2/h6-8H,3-5H2,1-2H3,(H,18,22)(H,19,20)/b21-12+. The van der Waals surface area contributed by atoms with Crippen molar-refractivity contribution >= 4 is 17.3 Å². The van der Waals surface area contributed by atoms with Gasteiger partial charge in [0.05, 0.1) is 18.4 Å². The van der Waals surface area contributed by atoms with E-state index in [9.17, 15) is 9.18 Å². The Morgan fingerprint density at radius 1 is 1.38 bits per heavy atom. The maximum atomic E-state index is 13.7. The zero-order valence-electron chi connectivity index (χ0n) is 13.4. The molecule has 0 unspecified atom stereocenters. The van der Waals surface area contributed by atoms with E-state index in [0.29, 0.717) is 23.4 Å². The second kappa shape index (κ2) is 6.69. The van der Waals surface area contributed by atoms with Gasteiger partial charge in [-0.1, -0.05) is 5.16 Å². The zero-order valence-corrected chi connectivity index (χ0v) is 13.4. The lowest BCUT2D eigenvalue weighted by Gasteiger charge is -2.13. The first-order chi connectivity index (χ1) is 11.6. The highest BCUT2D eigenvalue weighted by Crippen LogP contribution is 2.25. The second-order valence-corrected chi connectivity index (χ2v) is 5.30. The highest BCUT2D eigenvalue weighted by molar-refractivity contribution is 6.14. The Morgan fingerprint density at radius 3 is 2.92 bits per heavy atom. The van der Waals surface area contributed by atoms with Gasteiger partial charge in [-0.25, -0.2) is 4.39 Å². The molecule has 1 aromatic heterocycles. The summed E-state index contributed by atoms with van der Waals surface area (Å²) >= 11 is 0. The number of H-pyrrole nitrogens is 1. The van der Waals surface area contributed by atoms with Crippen LogP contribution in [0.5, 0.6) is 5.75 Å². The average Bonchev–Trinajstić information content (AvgIpc) is 3.00. The van der Waals surface area contributed by atoms with Crippen LogP contribution in [0.4, 0.5) is 10.1 Å². The molecule has 1 aliphatic rings. The van der Waals surface area contributed by atoms with E-state index in [-0.39, 0.29) is 11.4 Å². The molecule has 8 heteroatoms. The van der Waals surface area contributed by atoms with E-state index in [4.69, 9.17) is 9.57 Å². The molecule has 126 valence electrons. The third kappa shape index (κ3) is 2.94. The van der Waals surface area contributed by atoms with Gasteiger partial charge in [-0.05, 0) is 31.4 Å². The minimum atomic E-state index is -0.555. The molecule has 0 spiro atoms. The molecule has 0 saturated heterocycles. The van der Waals surface area contributed by atoms with Gasteiger partial charge in [0.2, 0.25) is 0 Å². The highest BCUT2D eigenvalue weighted by atomic mass is 19.1. The van der Waals surface area contributed by atoms with Crippen LogP contribution in [0.25, 0.3) is 0 Å². The van der Waals surface area contributed by atoms with Gasteiger partial charge >= 0.3 is 0 Å². The first kappa shape index (κ1) is 16.0. The van der Waals surface area contributed by atoms with Crippen LogP contribution in [-0.4, -0.2) is 36.0 Å². The highest BCUT2D eigenvalue weighted by Gasteiger charge is 2.27. The molecule has 1 aliphatic carbocycles. The molecule has 0 bridgehead atoms. The Kier molecular flexibility index (Phi) is 4.45. The van der Waals surface area contributed by atoms with Gasteiger partial charge in [0.15, 0.2) is 17.3 Å². The van der Waals surface area contributed by atoms with Crippen molar-refractivity contribution in [2.45, 2.75) is 19.3 Å². The Morgan fingerprint density at radius 2 is 2.21 bits per heavy atom. The fraction of sp³-hybridized carbons (Fsp3) is 0.312. The number of halogens is 1. The molecule has 0 radical (unpaired) electrons. The summed E-state index contributed by atoms with van der Waals surface area (Å²) in [6.45, 7) is 0. The number of aromatic nitrogens is 2. The van der Waals surface area contributed by atoms with Gasteiger partial charge in [0, 0.05) is 17.4 Å². The average molecular weight is 332 g/mol. The summed E-state index contributed by atoms with van der Waals surface area (Å²) in [7, 11) is 2.84. The van der Waals surface area contributed by atoms with E-state index in [1.165, 1.54) is 26.4 Å². The molecule has 1 aromatic carbocycles. The number of ether oxygens (including phenoxy) is 1. The molecule has 0 atom stereocenters. The number of hydrogen-bond donors (Lipinski definition) is 2. The number of oxime groups is 1. The van der Waals surface area contributed by atoms with E-state index in [1.807, 2.05) is 0 Å². The van der Waals surface area contributed by atoms with Gasteiger partial charge in [-0.3, -0.25) is 9.89 Å². The lowest BCUT2D eigenvalue weighted by Crippen LogP contribution is -2.19. The molecule has 3 rings (SSSR count). The van der Waals surface area contributed by atoms with Crippen LogP contribution in [0.2, 0.25) is 0 Å². The summed E-state index contributed by atoms with van der Waals surface area (Å²) in [6.07, 6.45) is 2.40. The Bertz CT molecular complexity index is 801. The Labute approximate surface area is 137 Å². The van der Waals surface area contributed by atoms with Crippen molar-refractivity contribution in [3.05, 3.63) is 41.0 Å². The van der Waals surface area contributed by atoms with Gasteiger partial charge in [-0.2, -0.15) is 5.10 Å². The van der Waals surface area contributed by atoms with Crippen molar-refractivity contribution in [2.75, 3.05) is 19.5 Å². The number of benzene rings is 1. The lowest BCUT2D eigenvalue weighted by atomic mass is 9.93. The monoisotopic (exact) mass is 332 g/mol. The van der Waals surface area contributed by atoms with Crippen LogP contribution < -0.4 is 10.1 Å². The second-order valence-electron chi connectivity index (χ2n) is 5.30. The van der Waals surface area contributed by atoms with Gasteiger partial charge in [0.25, 0.3) is 5.91 Å². The summed E-state index contributed by atoms with van der Waals surface area (Å²) in [5.41, 5.74) is 2.73. The third-order valence-electron chi connectivity index (χ3n) is 3.80. The van der Waals surface area contributed by atoms with E-state index in [1.54, 1.807) is 6.07 Å². The quantitative estimate of drug-likeness (QED) is 0.842. The lowest BCUT2D eigenvalue weighted by molar-refractivity contribution is 0.102. The molecule has 7 nitrogen and oxygen atoms in total. The summed E-state index contributed by atoms with van der Waals surface area (Å²) in [6, 6.07) is 4.20. The number of carbonyl (C=O) groups is 1. The minimum absolute atomic E-state index is 0.111. The molecule has 0 saturated carbocycles. The van der Waals surface area contributed by atoms with Crippen molar-refractivity contribution in [1.82, 2.24) is 10.2 Å².